The highest BCUT2D eigenvalue weighted by atomic mass is 15.2. The molecular formula is C27H27N3. The van der Waals surface area contributed by atoms with Gasteiger partial charge in [-0.05, 0) is 71.9 Å². The van der Waals surface area contributed by atoms with Crippen LogP contribution in [0.1, 0.15) is 53.6 Å². The minimum absolute atomic E-state index is 0.0893. The van der Waals surface area contributed by atoms with E-state index in [1.165, 1.54) is 27.8 Å². The summed E-state index contributed by atoms with van der Waals surface area (Å²) >= 11 is 0. The molecule has 0 saturated heterocycles. The molecule has 0 aliphatic carbocycles. The van der Waals surface area contributed by atoms with Gasteiger partial charge in [-0.25, -0.2) is 4.98 Å². The molecule has 3 nitrogen and oxygen atoms in total. The van der Waals surface area contributed by atoms with Gasteiger partial charge in [0, 0.05) is 5.70 Å². The van der Waals surface area contributed by atoms with Crippen LogP contribution in [-0.4, -0.2) is 9.55 Å². The lowest BCUT2D eigenvalue weighted by atomic mass is 9.96. The van der Waals surface area contributed by atoms with E-state index >= 15 is 0 Å². The summed E-state index contributed by atoms with van der Waals surface area (Å²) in [7, 11) is 0. The average Bonchev–Trinajstić information content (AvgIpc) is 3.13. The number of para-hydroxylation sites is 2. The lowest BCUT2D eigenvalue weighted by molar-refractivity contribution is 0.719. The van der Waals surface area contributed by atoms with Crippen LogP contribution in [0, 0.1) is 13.8 Å². The zero-order chi connectivity index (χ0) is 20.8. The van der Waals surface area contributed by atoms with Crippen molar-refractivity contribution >= 4 is 22.7 Å². The highest BCUT2D eigenvalue weighted by molar-refractivity contribution is 5.85. The van der Waals surface area contributed by atoms with E-state index in [9.17, 15) is 0 Å². The van der Waals surface area contributed by atoms with Crippen LogP contribution in [-0.2, 0) is 0 Å². The molecule has 0 radical (unpaired) electrons. The first-order chi connectivity index (χ1) is 14.5. The topological polar surface area (TPSA) is 29.9 Å². The van der Waals surface area contributed by atoms with Crippen LogP contribution < -0.4 is 5.32 Å². The molecule has 1 aliphatic rings. The molecule has 3 aromatic carbocycles. The smallest absolute Gasteiger partial charge is 0.209 e. The largest absolute Gasteiger partial charge is 0.325 e. The molecule has 150 valence electrons. The SMILES string of the molecule is Cc1ccc(C2=CC(c3ccc(C(C)C)cc3)n3c(nc4ccccc43)N2)cc1C. The van der Waals surface area contributed by atoms with Gasteiger partial charge in [-0.2, -0.15) is 0 Å². The Morgan fingerprint density at radius 1 is 0.900 bits per heavy atom. The number of aryl methyl sites for hydroxylation is 2. The number of aromatic nitrogens is 2. The summed E-state index contributed by atoms with van der Waals surface area (Å²) in [4.78, 5) is 4.90. The molecule has 5 rings (SSSR count). The zero-order valence-electron chi connectivity index (χ0n) is 18.0. The van der Waals surface area contributed by atoms with Crippen molar-refractivity contribution in [1.29, 1.82) is 0 Å². The van der Waals surface area contributed by atoms with Gasteiger partial charge < -0.3 is 5.32 Å². The fourth-order valence-corrected chi connectivity index (χ4v) is 4.21. The molecular weight excluding hydrogens is 366 g/mol. The van der Waals surface area contributed by atoms with E-state index in [2.05, 4.69) is 104 Å². The number of nitrogens with one attached hydrogen (secondary N) is 1. The maximum Gasteiger partial charge on any atom is 0.209 e. The van der Waals surface area contributed by atoms with Crippen molar-refractivity contribution in [2.75, 3.05) is 5.32 Å². The van der Waals surface area contributed by atoms with Crippen molar-refractivity contribution in [3.8, 4) is 0 Å². The second-order valence-corrected chi connectivity index (χ2v) is 8.56. The van der Waals surface area contributed by atoms with Crippen molar-refractivity contribution < 1.29 is 0 Å². The Labute approximate surface area is 178 Å². The first-order valence-electron chi connectivity index (χ1n) is 10.6. The van der Waals surface area contributed by atoms with Gasteiger partial charge in [0.25, 0.3) is 0 Å². The summed E-state index contributed by atoms with van der Waals surface area (Å²) < 4.78 is 2.31. The Kier molecular flexibility index (Phi) is 4.47. The molecule has 1 aromatic heterocycles. The fourth-order valence-electron chi connectivity index (χ4n) is 4.21. The van der Waals surface area contributed by atoms with E-state index in [-0.39, 0.29) is 6.04 Å². The Morgan fingerprint density at radius 3 is 2.40 bits per heavy atom. The van der Waals surface area contributed by atoms with E-state index in [0.29, 0.717) is 5.92 Å². The lowest BCUT2D eigenvalue weighted by Gasteiger charge is -2.27. The monoisotopic (exact) mass is 393 g/mol. The van der Waals surface area contributed by atoms with Gasteiger partial charge in [0.1, 0.15) is 0 Å². The number of anilines is 1. The summed E-state index contributed by atoms with van der Waals surface area (Å²) in [5, 5.41) is 3.59. The van der Waals surface area contributed by atoms with Crippen LogP contribution in [0.15, 0.2) is 72.8 Å². The van der Waals surface area contributed by atoms with Crippen LogP contribution in [0.4, 0.5) is 5.95 Å². The molecule has 0 saturated carbocycles. The Hall–Kier alpha value is -3.33. The molecule has 1 atom stereocenters. The fraction of sp³-hybridized carbons (Fsp3) is 0.222. The second-order valence-electron chi connectivity index (χ2n) is 8.56. The van der Waals surface area contributed by atoms with Crippen LogP contribution in [0.5, 0.6) is 0 Å². The molecule has 30 heavy (non-hydrogen) atoms. The van der Waals surface area contributed by atoms with E-state index < -0.39 is 0 Å². The summed E-state index contributed by atoms with van der Waals surface area (Å²) in [6.45, 7) is 8.79. The average molecular weight is 394 g/mol. The van der Waals surface area contributed by atoms with Gasteiger partial charge in [-0.3, -0.25) is 4.57 Å². The van der Waals surface area contributed by atoms with Crippen molar-refractivity contribution in [2.24, 2.45) is 0 Å². The van der Waals surface area contributed by atoms with Crippen LogP contribution in [0.3, 0.4) is 0 Å². The quantitative estimate of drug-likeness (QED) is 0.413. The van der Waals surface area contributed by atoms with Gasteiger partial charge in [-0.15, -0.1) is 0 Å². The van der Waals surface area contributed by atoms with Gasteiger partial charge in [0.15, 0.2) is 0 Å². The van der Waals surface area contributed by atoms with Crippen molar-refractivity contribution in [2.45, 2.75) is 39.7 Å². The number of allylic oxidation sites excluding steroid dienone is 1. The predicted octanol–water partition coefficient (Wildman–Crippen LogP) is 6.83. The molecule has 1 unspecified atom stereocenters. The van der Waals surface area contributed by atoms with E-state index in [4.69, 9.17) is 4.98 Å². The highest BCUT2D eigenvalue weighted by Crippen LogP contribution is 2.37. The number of rotatable bonds is 3. The molecule has 0 bridgehead atoms. The third kappa shape index (κ3) is 3.11. The third-order valence-corrected chi connectivity index (χ3v) is 6.21. The number of nitrogens with zero attached hydrogens (tertiary/aromatic N) is 2. The number of hydrogen-bond acceptors (Lipinski definition) is 2. The Balaban J connectivity index is 1.68. The zero-order valence-corrected chi connectivity index (χ0v) is 18.0. The Bertz CT molecular complexity index is 1260. The molecule has 0 amide bonds. The molecule has 1 aliphatic heterocycles. The van der Waals surface area contributed by atoms with Crippen molar-refractivity contribution in [3.05, 3.63) is 101 Å². The van der Waals surface area contributed by atoms with Crippen molar-refractivity contribution in [1.82, 2.24) is 9.55 Å². The maximum atomic E-state index is 4.90. The number of hydrogen-bond donors (Lipinski definition) is 1. The normalized spacial score (nSPS) is 15.8. The first-order valence-corrected chi connectivity index (χ1v) is 10.6. The molecule has 2 heterocycles. The molecule has 0 spiro atoms. The maximum absolute atomic E-state index is 4.90. The molecule has 4 aromatic rings. The molecule has 1 N–H and O–H groups in total. The van der Waals surface area contributed by atoms with E-state index in [1.807, 2.05) is 6.07 Å². The predicted molar refractivity (Wildman–Crippen MR) is 126 cm³/mol. The molecule has 3 heteroatoms. The van der Waals surface area contributed by atoms with Crippen molar-refractivity contribution in [3.63, 3.8) is 0 Å². The van der Waals surface area contributed by atoms with Crippen LogP contribution in [0.25, 0.3) is 16.7 Å². The first kappa shape index (κ1) is 18.7. The Morgan fingerprint density at radius 2 is 1.67 bits per heavy atom. The third-order valence-electron chi connectivity index (χ3n) is 6.21. The minimum atomic E-state index is 0.0893. The van der Waals surface area contributed by atoms with Gasteiger partial charge >= 0.3 is 0 Å². The van der Waals surface area contributed by atoms with Gasteiger partial charge in [-0.1, -0.05) is 62.4 Å². The van der Waals surface area contributed by atoms with E-state index in [1.54, 1.807) is 0 Å². The highest BCUT2D eigenvalue weighted by Gasteiger charge is 2.25. The van der Waals surface area contributed by atoms with Gasteiger partial charge in [0.2, 0.25) is 5.95 Å². The summed E-state index contributed by atoms with van der Waals surface area (Å²) in [5.41, 5.74) is 9.70. The lowest BCUT2D eigenvalue weighted by Crippen LogP contribution is -2.19. The van der Waals surface area contributed by atoms with Crippen LogP contribution in [0.2, 0.25) is 0 Å². The second kappa shape index (κ2) is 7.17. The number of fused-ring (bicyclic) bond motifs is 3. The minimum Gasteiger partial charge on any atom is -0.325 e. The number of benzene rings is 3. The summed E-state index contributed by atoms with van der Waals surface area (Å²) in [5.74, 6) is 1.42. The standard InChI is InChI=1S/C27H27N3/c1-17(2)20-11-13-21(14-12-20)26-16-24(22-10-9-18(3)19(4)15-22)29-27-28-23-7-5-6-8-25(23)30(26)27/h5-17,26H,1-4H3,(H,28,29). The van der Waals surface area contributed by atoms with Gasteiger partial charge in [0.05, 0.1) is 17.1 Å². The van der Waals surface area contributed by atoms with E-state index in [0.717, 1.165) is 22.7 Å². The summed E-state index contributed by atoms with van der Waals surface area (Å²) in [6, 6.07) is 24.1. The van der Waals surface area contributed by atoms with Crippen LogP contribution >= 0.6 is 0 Å². The number of imidazole rings is 1. The summed E-state index contributed by atoms with van der Waals surface area (Å²) in [6.07, 6.45) is 2.33. The molecule has 0 fully saturated rings.